The Hall–Kier alpha value is -3.78. The number of imidazole rings is 2. The molecule has 0 radical (unpaired) electrons. The summed E-state index contributed by atoms with van der Waals surface area (Å²) in [5.41, 5.74) is 5.86. The third kappa shape index (κ3) is 11.5. The van der Waals surface area contributed by atoms with E-state index in [9.17, 15) is 9.59 Å². The first-order valence-electron chi connectivity index (χ1n) is 20.9. The number of aryl methyl sites for hydroxylation is 4. The van der Waals surface area contributed by atoms with Gasteiger partial charge in [-0.2, -0.15) is 0 Å². The first kappa shape index (κ1) is 42.3. The van der Waals surface area contributed by atoms with Crippen LogP contribution < -0.4 is 5.32 Å². The van der Waals surface area contributed by atoms with E-state index in [4.69, 9.17) is 21.3 Å². The molecule has 1 unspecified atom stereocenters. The number of hydrogen-bond acceptors (Lipinski definition) is 8. The first-order valence-corrected chi connectivity index (χ1v) is 22.1. The van der Waals surface area contributed by atoms with Crippen LogP contribution in [0.25, 0.3) is 0 Å². The summed E-state index contributed by atoms with van der Waals surface area (Å²) >= 11 is 10.1. The molecule has 4 heterocycles. The first-order chi connectivity index (χ1) is 27.8. The second-order valence-electron chi connectivity index (χ2n) is 17.5. The Bertz CT molecular complexity index is 1980. The summed E-state index contributed by atoms with van der Waals surface area (Å²) in [6.07, 6.45) is 16.0. The van der Waals surface area contributed by atoms with Gasteiger partial charge in [-0.25, -0.2) is 14.8 Å². The number of hydrogen-bond donors (Lipinski definition) is 1. The standard InChI is InChI=1S/C34H42BrClN6O3.C10H17N3/c1-22-18-39(21-38-22)11-12-41(19-23-5-6-23)32(43)29-20-40(13-14-42(29)33(44)45-34(2,3)4)31-28-10-9-27(36)16-24(28)7-8-25-15-26(35)17-37-30(25)31;1-9-7-13(8-12-9)5-4-11-6-10-2-3-10/h9-10,15-18,21,23,29,31H,5-8,11-14,19-20H2,1-4H3;7-8,10-11H,2-6H2,1H3/t29-,31?;/m1./s1. The van der Waals surface area contributed by atoms with E-state index in [1.54, 1.807) is 4.90 Å². The lowest BCUT2D eigenvalue weighted by Gasteiger charge is -2.45. The topological polar surface area (TPSA) is 114 Å². The highest BCUT2D eigenvalue weighted by atomic mass is 79.9. The summed E-state index contributed by atoms with van der Waals surface area (Å²) in [4.78, 5) is 47.7. The van der Waals surface area contributed by atoms with Crippen LogP contribution in [0, 0.1) is 25.7 Å². The largest absolute Gasteiger partial charge is 0.444 e. The fourth-order valence-electron chi connectivity index (χ4n) is 7.95. The van der Waals surface area contributed by atoms with Crippen LogP contribution in [0.15, 0.2) is 60.0 Å². The molecule has 1 aliphatic heterocycles. The molecule has 2 saturated carbocycles. The van der Waals surface area contributed by atoms with Crippen molar-refractivity contribution < 1.29 is 14.3 Å². The highest BCUT2D eigenvalue weighted by Gasteiger charge is 2.43. The molecule has 12 nitrogen and oxygen atoms in total. The van der Waals surface area contributed by atoms with E-state index in [2.05, 4.69) is 65.1 Å². The minimum atomic E-state index is -0.699. The van der Waals surface area contributed by atoms with Crippen LogP contribution in [-0.4, -0.2) is 108 Å². The van der Waals surface area contributed by atoms with Crippen molar-refractivity contribution in [3.05, 3.63) is 98.8 Å². The molecule has 2 atom stereocenters. The van der Waals surface area contributed by atoms with E-state index in [0.29, 0.717) is 50.2 Å². The summed E-state index contributed by atoms with van der Waals surface area (Å²) in [6, 6.07) is 7.37. The van der Waals surface area contributed by atoms with Crippen LogP contribution in [0.2, 0.25) is 5.02 Å². The Morgan fingerprint density at radius 2 is 1.62 bits per heavy atom. The van der Waals surface area contributed by atoms with Crippen molar-refractivity contribution in [2.75, 3.05) is 45.8 Å². The van der Waals surface area contributed by atoms with Crippen molar-refractivity contribution in [1.29, 1.82) is 0 Å². The summed E-state index contributed by atoms with van der Waals surface area (Å²) in [5.74, 6) is 1.44. The van der Waals surface area contributed by atoms with Gasteiger partial charge >= 0.3 is 6.09 Å². The van der Waals surface area contributed by atoms with Crippen molar-refractivity contribution in [3.63, 3.8) is 0 Å². The quantitative estimate of drug-likeness (QED) is 0.148. The number of ether oxygens (including phenoxy) is 1. The molecule has 4 aromatic rings. The lowest BCUT2D eigenvalue weighted by Crippen LogP contribution is -2.62. The lowest BCUT2D eigenvalue weighted by molar-refractivity contribution is -0.140. The van der Waals surface area contributed by atoms with Crippen LogP contribution in [0.3, 0.4) is 0 Å². The zero-order valence-electron chi connectivity index (χ0n) is 34.7. The van der Waals surface area contributed by atoms with E-state index in [1.807, 2.05) is 75.2 Å². The molecule has 1 N–H and O–H groups in total. The molecule has 2 amide bonds. The maximum atomic E-state index is 14.6. The summed E-state index contributed by atoms with van der Waals surface area (Å²) < 4.78 is 11.0. The maximum absolute atomic E-state index is 14.6. The Morgan fingerprint density at radius 1 is 0.931 bits per heavy atom. The molecule has 58 heavy (non-hydrogen) atoms. The average Bonchev–Trinajstić information content (AvgIpc) is 4.11. The van der Waals surface area contributed by atoms with Crippen molar-refractivity contribution >= 4 is 39.5 Å². The van der Waals surface area contributed by atoms with Gasteiger partial charge in [0.2, 0.25) is 5.91 Å². The number of aromatic nitrogens is 5. The summed E-state index contributed by atoms with van der Waals surface area (Å²) in [7, 11) is 0. The van der Waals surface area contributed by atoms with E-state index in [0.717, 1.165) is 71.8 Å². The van der Waals surface area contributed by atoms with E-state index in [-0.39, 0.29) is 11.9 Å². The Morgan fingerprint density at radius 3 is 2.28 bits per heavy atom. The van der Waals surface area contributed by atoms with Gasteiger partial charge in [-0.15, -0.1) is 0 Å². The normalized spacial score (nSPS) is 19.4. The van der Waals surface area contributed by atoms with Crippen LogP contribution in [-0.2, 0) is 35.5 Å². The lowest BCUT2D eigenvalue weighted by atomic mass is 9.95. The molecule has 4 aliphatic rings. The number of nitrogens with one attached hydrogen (secondary N) is 1. The van der Waals surface area contributed by atoms with E-state index in [1.165, 1.54) is 30.5 Å². The third-order valence-corrected chi connectivity index (χ3v) is 12.0. The molecular formula is C44H59BrClN9O3. The van der Waals surface area contributed by atoms with Gasteiger partial charge in [-0.3, -0.25) is 19.6 Å². The molecule has 8 rings (SSSR count). The monoisotopic (exact) mass is 875 g/mol. The van der Waals surface area contributed by atoms with Crippen molar-refractivity contribution in [2.24, 2.45) is 11.8 Å². The molecule has 3 aliphatic carbocycles. The van der Waals surface area contributed by atoms with Crippen molar-refractivity contribution in [3.8, 4) is 0 Å². The van der Waals surface area contributed by atoms with Crippen LogP contribution in [0.4, 0.5) is 4.79 Å². The summed E-state index contributed by atoms with van der Waals surface area (Å²) in [5, 5.41) is 4.16. The van der Waals surface area contributed by atoms with E-state index >= 15 is 0 Å². The van der Waals surface area contributed by atoms with Gasteiger partial charge < -0.3 is 24.1 Å². The molecule has 0 spiro atoms. The predicted octanol–water partition coefficient (Wildman–Crippen LogP) is 7.24. The number of halogens is 2. The zero-order chi connectivity index (χ0) is 41.0. The number of rotatable bonds is 12. The van der Waals surface area contributed by atoms with Gasteiger partial charge in [0.1, 0.15) is 11.6 Å². The minimum Gasteiger partial charge on any atom is -0.444 e. The predicted molar refractivity (Wildman–Crippen MR) is 230 cm³/mol. The van der Waals surface area contributed by atoms with E-state index < -0.39 is 17.7 Å². The van der Waals surface area contributed by atoms with Crippen LogP contribution >= 0.6 is 27.5 Å². The van der Waals surface area contributed by atoms with Gasteiger partial charge in [-0.05, 0) is 142 Å². The molecule has 1 saturated heterocycles. The highest BCUT2D eigenvalue weighted by Crippen LogP contribution is 2.39. The fourth-order valence-corrected chi connectivity index (χ4v) is 8.52. The Balaban J connectivity index is 0.000000333. The molecule has 312 valence electrons. The summed E-state index contributed by atoms with van der Waals surface area (Å²) in [6.45, 7) is 16.1. The second kappa shape index (κ2) is 18.6. The molecule has 3 aromatic heterocycles. The number of carbonyl (C=O) groups excluding carboxylic acids is 2. The number of benzene rings is 1. The van der Waals surface area contributed by atoms with Gasteiger partial charge in [0.05, 0.1) is 35.8 Å². The Labute approximate surface area is 356 Å². The zero-order valence-corrected chi connectivity index (χ0v) is 37.0. The molecule has 3 fully saturated rings. The number of piperazine rings is 1. The Kier molecular flexibility index (Phi) is 13.6. The van der Waals surface area contributed by atoms with Gasteiger partial charge in [0.25, 0.3) is 0 Å². The molecule has 0 bridgehead atoms. The van der Waals surface area contributed by atoms with Gasteiger partial charge in [-0.1, -0.05) is 17.7 Å². The fraction of sp³-hybridized carbons (Fsp3) is 0.568. The number of carbonyl (C=O) groups is 2. The third-order valence-electron chi connectivity index (χ3n) is 11.3. The SMILES string of the molecule is Cc1cn(CCN(CC2CC2)C(=O)[C@H]2CN(C3c4ccc(Cl)cc4CCc4cc(Br)cnc43)CCN2C(=O)OC(C)(C)C)cn1.Cc1cn(CCNCC2CC2)cn1. The number of pyridine rings is 1. The molecule has 1 aromatic carbocycles. The number of fused-ring (bicyclic) bond motifs is 2. The van der Waals surface area contributed by atoms with Crippen LogP contribution in [0.1, 0.15) is 86.3 Å². The van der Waals surface area contributed by atoms with Gasteiger partial charge in [0.15, 0.2) is 0 Å². The second-order valence-corrected chi connectivity index (χ2v) is 18.9. The van der Waals surface area contributed by atoms with Crippen molar-refractivity contribution in [1.82, 2.24) is 44.1 Å². The molecule has 14 heteroatoms. The van der Waals surface area contributed by atoms with Gasteiger partial charge in [0, 0.05) is 80.4 Å². The number of nitrogens with zero attached hydrogens (tertiary/aromatic N) is 8. The minimum absolute atomic E-state index is 0.0387. The smallest absolute Gasteiger partial charge is 0.411 e. The maximum Gasteiger partial charge on any atom is 0.411 e. The van der Waals surface area contributed by atoms with Crippen molar-refractivity contribution in [2.45, 2.75) is 104 Å². The molecular weight excluding hydrogens is 818 g/mol. The number of amides is 2. The highest BCUT2D eigenvalue weighted by molar-refractivity contribution is 9.10. The average molecular weight is 877 g/mol. The van der Waals surface area contributed by atoms with Crippen LogP contribution in [0.5, 0.6) is 0 Å².